The molecule has 1 aromatic rings. The predicted octanol–water partition coefficient (Wildman–Crippen LogP) is 4.47. The van der Waals surface area contributed by atoms with E-state index in [1.54, 1.807) is 5.56 Å². The number of rotatable bonds is 2. The lowest BCUT2D eigenvalue weighted by atomic mass is 9.71. The molecule has 1 aliphatic rings. The number of hydrogen-bond acceptors (Lipinski definition) is 0. The second kappa shape index (κ2) is 4.38. The summed E-state index contributed by atoms with van der Waals surface area (Å²) in [4.78, 5) is 0. The Bertz CT molecular complexity index is 301. The summed E-state index contributed by atoms with van der Waals surface area (Å²) in [5, 5.41) is 0. The van der Waals surface area contributed by atoms with Crippen LogP contribution in [-0.4, -0.2) is 0 Å². The summed E-state index contributed by atoms with van der Waals surface area (Å²) in [6.45, 7) is 4.66. The molecule has 0 radical (unpaired) electrons. The molecule has 0 heteroatoms. The molecule has 1 saturated carbocycles. The first-order chi connectivity index (χ1) is 7.24. The summed E-state index contributed by atoms with van der Waals surface area (Å²) < 4.78 is 0. The Morgan fingerprint density at radius 2 is 1.60 bits per heavy atom. The van der Waals surface area contributed by atoms with Crippen LogP contribution in [0.1, 0.15) is 57.1 Å². The van der Waals surface area contributed by atoms with E-state index in [1.807, 2.05) is 0 Å². The monoisotopic (exact) mass is 202 g/mol. The molecule has 0 bridgehead atoms. The minimum absolute atomic E-state index is 0.463. The zero-order valence-electron chi connectivity index (χ0n) is 10.1. The van der Waals surface area contributed by atoms with Crippen molar-refractivity contribution in [2.45, 2.75) is 57.8 Å². The molecule has 2 rings (SSSR count). The Morgan fingerprint density at radius 1 is 1.00 bits per heavy atom. The van der Waals surface area contributed by atoms with E-state index >= 15 is 0 Å². The highest BCUT2D eigenvalue weighted by Gasteiger charge is 2.28. The number of aryl methyl sites for hydroxylation is 1. The van der Waals surface area contributed by atoms with Gasteiger partial charge in [0.25, 0.3) is 0 Å². The third-order valence-corrected chi connectivity index (χ3v) is 4.02. The van der Waals surface area contributed by atoms with Gasteiger partial charge in [-0.05, 0) is 35.8 Å². The van der Waals surface area contributed by atoms with Crippen molar-refractivity contribution in [3.8, 4) is 0 Å². The largest absolute Gasteiger partial charge is 0.0613 e. The maximum atomic E-state index is 2.44. The van der Waals surface area contributed by atoms with Gasteiger partial charge in [-0.1, -0.05) is 57.4 Å². The number of benzene rings is 1. The lowest BCUT2D eigenvalue weighted by molar-refractivity contribution is 0.319. The molecule has 1 aliphatic carbocycles. The maximum absolute atomic E-state index is 2.44. The quantitative estimate of drug-likeness (QED) is 0.663. The highest BCUT2D eigenvalue weighted by atomic mass is 14.3. The van der Waals surface area contributed by atoms with Gasteiger partial charge in [-0.25, -0.2) is 0 Å². The van der Waals surface area contributed by atoms with Crippen molar-refractivity contribution < 1.29 is 0 Å². The Labute approximate surface area is 93.7 Å². The van der Waals surface area contributed by atoms with E-state index in [0.29, 0.717) is 5.41 Å². The summed E-state index contributed by atoms with van der Waals surface area (Å²) in [5.74, 6) is 0. The smallest absolute Gasteiger partial charge is 0.00752 e. The minimum atomic E-state index is 0.463. The van der Waals surface area contributed by atoms with Gasteiger partial charge in [0.1, 0.15) is 0 Å². The van der Waals surface area contributed by atoms with E-state index in [-0.39, 0.29) is 0 Å². The molecule has 0 nitrogen and oxygen atoms in total. The minimum Gasteiger partial charge on any atom is -0.0613 e. The van der Waals surface area contributed by atoms with Crippen LogP contribution in [-0.2, 0) is 11.8 Å². The Kier molecular flexibility index (Phi) is 3.14. The predicted molar refractivity (Wildman–Crippen MR) is 66.3 cm³/mol. The molecule has 0 amide bonds. The molecule has 0 spiro atoms. The molecule has 1 aromatic carbocycles. The maximum Gasteiger partial charge on any atom is -0.00752 e. The standard InChI is InChI=1S/C15H22/c1-3-13-7-9-14(10-8-13)15(2)11-5-4-6-12-15/h7-10H,3-6,11-12H2,1-2H3. The van der Waals surface area contributed by atoms with E-state index in [9.17, 15) is 0 Å². The normalized spacial score (nSPS) is 20.1. The van der Waals surface area contributed by atoms with Gasteiger partial charge in [-0.3, -0.25) is 0 Å². The van der Waals surface area contributed by atoms with Crippen molar-refractivity contribution in [1.29, 1.82) is 0 Å². The topological polar surface area (TPSA) is 0 Å². The van der Waals surface area contributed by atoms with Crippen LogP contribution in [0.3, 0.4) is 0 Å². The fourth-order valence-corrected chi connectivity index (χ4v) is 2.76. The van der Waals surface area contributed by atoms with Crippen LogP contribution < -0.4 is 0 Å². The van der Waals surface area contributed by atoms with E-state index in [1.165, 1.54) is 37.7 Å². The van der Waals surface area contributed by atoms with Crippen molar-refractivity contribution in [1.82, 2.24) is 0 Å². The first kappa shape index (κ1) is 10.7. The van der Waals surface area contributed by atoms with Gasteiger partial charge in [0.15, 0.2) is 0 Å². The molecule has 0 N–H and O–H groups in total. The van der Waals surface area contributed by atoms with Crippen molar-refractivity contribution >= 4 is 0 Å². The lowest BCUT2D eigenvalue weighted by Gasteiger charge is -2.34. The highest BCUT2D eigenvalue weighted by Crippen LogP contribution is 2.38. The molecule has 0 saturated heterocycles. The third-order valence-electron chi connectivity index (χ3n) is 4.02. The van der Waals surface area contributed by atoms with Gasteiger partial charge in [-0.15, -0.1) is 0 Å². The molecular formula is C15H22. The summed E-state index contributed by atoms with van der Waals surface area (Å²) in [7, 11) is 0. The Balaban J connectivity index is 2.20. The zero-order chi connectivity index (χ0) is 10.7. The first-order valence-electron chi connectivity index (χ1n) is 6.34. The van der Waals surface area contributed by atoms with Crippen molar-refractivity contribution in [2.24, 2.45) is 0 Å². The highest BCUT2D eigenvalue weighted by molar-refractivity contribution is 5.29. The van der Waals surface area contributed by atoms with E-state index in [4.69, 9.17) is 0 Å². The second-order valence-electron chi connectivity index (χ2n) is 5.17. The van der Waals surface area contributed by atoms with Crippen LogP contribution >= 0.6 is 0 Å². The molecule has 15 heavy (non-hydrogen) atoms. The molecule has 0 aliphatic heterocycles. The Hall–Kier alpha value is -0.780. The first-order valence-corrected chi connectivity index (χ1v) is 6.34. The fourth-order valence-electron chi connectivity index (χ4n) is 2.76. The van der Waals surface area contributed by atoms with Crippen molar-refractivity contribution in [3.05, 3.63) is 35.4 Å². The van der Waals surface area contributed by atoms with Crippen molar-refractivity contribution in [2.75, 3.05) is 0 Å². The summed E-state index contributed by atoms with van der Waals surface area (Å²) in [5.41, 5.74) is 3.47. The third kappa shape index (κ3) is 2.25. The average Bonchev–Trinajstić information content (AvgIpc) is 2.30. The summed E-state index contributed by atoms with van der Waals surface area (Å²) >= 11 is 0. The van der Waals surface area contributed by atoms with E-state index in [2.05, 4.69) is 38.1 Å². The van der Waals surface area contributed by atoms with Crippen LogP contribution in [0, 0.1) is 0 Å². The molecule has 0 heterocycles. The van der Waals surface area contributed by atoms with E-state index < -0.39 is 0 Å². The van der Waals surface area contributed by atoms with Gasteiger partial charge >= 0.3 is 0 Å². The van der Waals surface area contributed by atoms with Gasteiger partial charge in [0.05, 0.1) is 0 Å². The van der Waals surface area contributed by atoms with Crippen LogP contribution in [0.5, 0.6) is 0 Å². The summed E-state index contributed by atoms with van der Waals surface area (Å²) in [6.07, 6.45) is 8.15. The van der Waals surface area contributed by atoms with Gasteiger partial charge in [-0.2, -0.15) is 0 Å². The van der Waals surface area contributed by atoms with Crippen molar-refractivity contribution in [3.63, 3.8) is 0 Å². The molecule has 0 atom stereocenters. The van der Waals surface area contributed by atoms with Gasteiger partial charge < -0.3 is 0 Å². The molecule has 82 valence electrons. The zero-order valence-corrected chi connectivity index (χ0v) is 10.1. The Morgan fingerprint density at radius 3 is 2.13 bits per heavy atom. The fraction of sp³-hybridized carbons (Fsp3) is 0.600. The molecule has 0 unspecified atom stereocenters. The van der Waals surface area contributed by atoms with Gasteiger partial charge in [0, 0.05) is 0 Å². The second-order valence-corrected chi connectivity index (χ2v) is 5.17. The lowest BCUT2D eigenvalue weighted by Crippen LogP contribution is -2.24. The van der Waals surface area contributed by atoms with Gasteiger partial charge in [0.2, 0.25) is 0 Å². The SMILES string of the molecule is CCc1ccc(C2(C)CCCCC2)cc1. The van der Waals surface area contributed by atoms with E-state index in [0.717, 1.165) is 6.42 Å². The van der Waals surface area contributed by atoms with Crippen LogP contribution in [0.4, 0.5) is 0 Å². The molecular weight excluding hydrogens is 180 g/mol. The summed E-state index contributed by atoms with van der Waals surface area (Å²) in [6, 6.07) is 9.30. The average molecular weight is 202 g/mol. The van der Waals surface area contributed by atoms with Crippen LogP contribution in [0.15, 0.2) is 24.3 Å². The number of hydrogen-bond donors (Lipinski definition) is 0. The molecule has 0 aromatic heterocycles. The molecule has 1 fully saturated rings. The van der Waals surface area contributed by atoms with Crippen LogP contribution in [0.25, 0.3) is 0 Å². The van der Waals surface area contributed by atoms with Crippen LogP contribution in [0.2, 0.25) is 0 Å².